The van der Waals surface area contributed by atoms with Gasteiger partial charge in [-0.15, -0.1) is 0 Å². The molecule has 11 heteroatoms. The van der Waals surface area contributed by atoms with Crippen LogP contribution in [-0.2, 0) is 16.6 Å². The maximum absolute atomic E-state index is 13.4. The number of hydrogen-bond acceptors (Lipinski definition) is 8. The second-order valence-corrected chi connectivity index (χ2v) is 9.17. The normalized spacial score (nSPS) is 13.7. The van der Waals surface area contributed by atoms with Crippen molar-refractivity contribution in [2.75, 3.05) is 30.5 Å². The van der Waals surface area contributed by atoms with Gasteiger partial charge in [0.1, 0.15) is 22.9 Å². The fourth-order valence-electron chi connectivity index (χ4n) is 3.47. The van der Waals surface area contributed by atoms with Gasteiger partial charge in [-0.3, -0.25) is 14.3 Å². The van der Waals surface area contributed by atoms with E-state index >= 15 is 0 Å². The number of pyridine rings is 2. The molecule has 166 valence electrons. The molecule has 3 aromatic rings. The first-order valence-corrected chi connectivity index (χ1v) is 11.0. The van der Waals surface area contributed by atoms with Gasteiger partial charge < -0.3 is 9.84 Å². The summed E-state index contributed by atoms with van der Waals surface area (Å²) >= 11 is 0. The molecule has 0 aliphatic carbocycles. The number of sulfonamides is 1. The molecular formula is C21H21N5O5S. The Kier molecular flexibility index (Phi) is 5.45. The lowest BCUT2D eigenvalue weighted by Gasteiger charge is -2.23. The van der Waals surface area contributed by atoms with Gasteiger partial charge in [-0.1, -0.05) is 0 Å². The topological polar surface area (TPSA) is 116 Å². The van der Waals surface area contributed by atoms with E-state index in [4.69, 9.17) is 4.74 Å². The number of carbonyl (C=O) groups is 1. The van der Waals surface area contributed by atoms with E-state index in [2.05, 4.69) is 9.97 Å². The van der Waals surface area contributed by atoms with Gasteiger partial charge in [0.05, 0.1) is 10.6 Å². The van der Waals surface area contributed by atoms with Crippen LogP contribution in [0.2, 0.25) is 0 Å². The number of hydrazine groups is 1. The van der Waals surface area contributed by atoms with Crippen LogP contribution >= 0.6 is 0 Å². The van der Waals surface area contributed by atoms with E-state index in [0.717, 1.165) is 4.31 Å². The monoisotopic (exact) mass is 455 g/mol. The highest BCUT2D eigenvalue weighted by atomic mass is 32.2. The number of rotatable bonds is 6. The number of anilines is 2. The molecule has 0 saturated carbocycles. The molecule has 0 radical (unpaired) electrons. The van der Waals surface area contributed by atoms with Gasteiger partial charge in [-0.25, -0.2) is 23.2 Å². The summed E-state index contributed by atoms with van der Waals surface area (Å²) in [6.07, 6.45) is 4.36. The van der Waals surface area contributed by atoms with E-state index < -0.39 is 16.0 Å². The van der Waals surface area contributed by atoms with Crippen molar-refractivity contribution in [3.05, 3.63) is 66.1 Å². The average molecular weight is 455 g/mol. The second kappa shape index (κ2) is 8.09. The summed E-state index contributed by atoms with van der Waals surface area (Å²) in [6.45, 7) is 0.327. The number of carboxylic acids is 1. The molecule has 0 unspecified atom stereocenters. The van der Waals surface area contributed by atoms with Gasteiger partial charge in [-0.2, -0.15) is 0 Å². The predicted octanol–water partition coefficient (Wildman–Crippen LogP) is 2.59. The third kappa shape index (κ3) is 3.72. The zero-order valence-electron chi connectivity index (χ0n) is 17.6. The molecule has 0 amide bonds. The number of fused-ring (bicyclic) bond motifs is 1. The number of ether oxygens (including phenoxy) is 1. The first-order valence-electron chi connectivity index (χ1n) is 9.57. The van der Waals surface area contributed by atoms with Crippen LogP contribution in [0.25, 0.3) is 0 Å². The van der Waals surface area contributed by atoms with E-state index in [-0.39, 0.29) is 16.1 Å². The molecule has 32 heavy (non-hydrogen) atoms. The predicted molar refractivity (Wildman–Crippen MR) is 117 cm³/mol. The van der Waals surface area contributed by atoms with Gasteiger partial charge in [-0.05, 0) is 36.4 Å². The zero-order valence-corrected chi connectivity index (χ0v) is 18.4. The Bertz CT molecular complexity index is 1270. The summed E-state index contributed by atoms with van der Waals surface area (Å²) in [5, 5.41) is 13.2. The fraction of sp³-hybridized carbons (Fsp3) is 0.190. The quantitative estimate of drug-likeness (QED) is 0.598. The Labute approximate surface area is 185 Å². The van der Waals surface area contributed by atoms with Crippen LogP contribution in [0.3, 0.4) is 0 Å². The highest BCUT2D eigenvalue weighted by Gasteiger charge is 2.34. The summed E-state index contributed by atoms with van der Waals surface area (Å²) < 4.78 is 33.4. The van der Waals surface area contributed by atoms with Crippen LogP contribution in [0.15, 0.2) is 59.9 Å². The fourth-order valence-corrected chi connectivity index (χ4v) is 4.72. The van der Waals surface area contributed by atoms with Crippen molar-refractivity contribution in [1.29, 1.82) is 0 Å². The molecule has 1 aliphatic rings. The maximum atomic E-state index is 13.4. The molecule has 0 saturated heterocycles. The number of benzene rings is 1. The molecular weight excluding hydrogens is 434 g/mol. The summed E-state index contributed by atoms with van der Waals surface area (Å²) in [6, 6.07) is 9.29. The molecule has 0 fully saturated rings. The molecule has 0 bridgehead atoms. The third-order valence-electron chi connectivity index (χ3n) is 5.25. The van der Waals surface area contributed by atoms with E-state index in [0.29, 0.717) is 29.4 Å². The van der Waals surface area contributed by atoms with Crippen LogP contribution < -0.4 is 14.1 Å². The Morgan fingerprint density at radius 3 is 2.34 bits per heavy atom. The molecule has 0 atom stereocenters. The number of aromatic carboxylic acids is 1. The first kappa shape index (κ1) is 21.5. The highest BCUT2D eigenvalue weighted by Crippen LogP contribution is 2.39. The summed E-state index contributed by atoms with van der Waals surface area (Å²) in [5.74, 6) is 0.280. The molecule has 1 N–H and O–H groups in total. The van der Waals surface area contributed by atoms with Gasteiger partial charge >= 0.3 is 5.97 Å². The van der Waals surface area contributed by atoms with Crippen LogP contribution in [-0.4, -0.2) is 55.6 Å². The van der Waals surface area contributed by atoms with Crippen LogP contribution in [0, 0.1) is 0 Å². The van der Waals surface area contributed by atoms with Crippen molar-refractivity contribution in [2.24, 2.45) is 0 Å². The lowest BCUT2D eigenvalue weighted by molar-refractivity contribution is 0.0697. The van der Waals surface area contributed by atoms with Gasteiger partial charge in [0.2, 0.25) is 0 Å². The van der Waals surface area contributed by atoms with Gasteiger partial charge in [0, 0.05) is 51.8 Å². The number of nitrogens with zero attached hydrogens (tertiary/aromatic N) is 5. The second-order valence-electron chi connectivity index (χ2n) is 7.20. The lowest BCUT2D eigenvalue weighted by Crippen LogP contribution is -2.30. The van der Waals surface area contributed by atoms with Crippen LogP contribution in [0.1, 0.15) is 15.9 Å². The van der Waals surface area contributed by atoms with Crippen LogP contribution in [0.5, 0.6) is 11.5 Å². The SMILES string of the molecule is CN1Cc2c(ncc(C(=O)O)c2N(C)S(=O)(=O)c2ccc(Oc3ccncc3)cc2)N1C. The molecule has 0 spiro atoms. The van der Waals surface area contributed by atoms with Crippen molar-refractivity contribution >= 4 is 27.5 Å². The molecule has 10 nitrogen and oxygen atoms in total. The van der Waals surface area contributed by atoms with Crippen molar-refractivity contribution in [3.63, 3.8) is 0 Å². The Morgan fingerprint density at radius 1 is 1.09 bits per heavy atom. The largest absolute Gasteiger partial charge is 0.478 e. The zero-order chi connectivity index (χ0) is 23.0. The van der Waals surface area contributed by atoms with E-state index in [1.807, 2.05) is 12.1 Å². The first-order chi connectivity index (χ1) is 15.2. The smallest absolute Gasteiger partial charge is 0.339 e. The minimum atomic E-state index is -4.05. The van der Waals surface area contributed by atoms with Crippen molar-refractivity contribution in [1.82, 2.24) is 15.0 Å². The molecule has 2 aromatic heterocycles. The van der Waals surface area contributed by atoms with Crippen molar-refractivity contribution in [2.45, 2.75) is 11.4 Å². The lowest BCUT2D eigenvalue weighted by atomic mass is 10.1. The number of hydrogen-bond donors (Lipinski definition) is 1. The van der Waals surface area contributed by atoms with E-state index in [9.17, 15) is 18.3 Å². The molecule has 4 rings (SSSR count). The Hall–Kier alpha value is -3.70. The molecule has 1 aromatic carbocycles. The van der Waals surface area contributed by atoms with Crippen molar-refractivity contribution in [3.8, 4) is 11.5 Å². The Balaban J connectivity index is 1.70. The average Bonchev–Trinajstić information content (AvgIpc) is 3.07. The Morgan fingerprint density at radius 2 is 1.72 bits per heavy atom. The molecule has 3 heterocycles. The minimum absolute atomic E-state index is 0.00341. The van der Waals surface area contributed by atoms with Gasteiger partial charge in [0.25, 0.3) is 10.0 Å². The van der Waals surface area contributed by atoms with Crippen LogP contribution in [0.4, 0.5) is 11.5 Å². The minimum Gasteiger partial charge on any atom is -0.478 e. The van der Waals surface area contributed by atoms with E-state index in [1.54, 1.807) is 36.6 Å². The standard InChI is InChI=1S/C21H21N5O5S/c1-24-13-18-19(17(21(27)28)12-23-20(18)25(24)2)26(3)32(29,30)16-6-4-14(5-7-16)31-15-8-10-22-11-9-15/h4-12H,13H2,1-3H3,(H,27,28). The highest BCUT2D eigenvalue weighted by molar-refractivity contribution is 7.92. The maximum Gasteiger partial charge on any atom is 0.339 e. The summed E-state index contributed by atoms with van der Waals surface area (Å²) in [5.41, 5.74) is 0.436. The van der Waals surface area contributed by atoms with Crippen molar-refractivity contribution < 1.29 is 23.1 Å². The summed E-state index contributed by atoms with van der Waals surface area (Å²) in [4.78, 5) is 20.0. The number of aromatic nitrogens is 2. The van der Waals surface area contributed by atoms with Gasteiger partial charge in [0.15, 0.2) is 0 Å². The third-order valence-corrected chi connectivity index (χ3v) is 7.02. The number of carboxylic acid groups (broad SMARTS) is 1. The summed E-state index contributed by atoms with van der Waals surface area (Å²) in [7, 11) is 0.874. The molecule has 1 aliphatic heterocycles. The van der Waals surface area contributed by atoms with E-state index in [1.165, 1.54) is 37.5 Å².